The molecule has 0 spiro atoms. The van der Waals surface area contributed by atoms with E-state index in [4.69, 9.17) is 14.6 Å². The quantitative estimate of drug-likeness (QED) is 0.269. The fourth-order valence-electron chi connectivity index (χ4n) is 1.49. The minimum absolute atomic E-state index is 0.0535. The molecular weight excluding hydrogens is 276 g/mol. The van der Waals surface area contributed by atoms with Crippen molar-refractivity contribution < 1.29 is 29.0 Å². The first kappa shape index (κ1) is 16.6. The molecule has 0 aromatic heterocycles. The molecule has 0 aliphatic heterocycles. The second-order valence-electron chi connectivity index (χ2n) is 4.17. The number of carbonyl (C=O) groups is 3. The summed E-state index contributed by atoms with van der Waals surface area (Å²) in [7, 11) is 1.47. The number of hydrogen-bond acceptors (Lipinski definition) is 5. The fraction of sp³-hybridized carbons (Fsp3) is 0.267. The maximum Gasteiger partial charge on any atom is 0.341 e. The van der Waals surface area contributed by atoms with Gasteiger partial charge in [-0.25, -0.2) is 9.59 Å². The third-order valence-corrected chi connectivity index (χ3v) is 2.59. The Morgan fingerprint density at radius 1 is 1.14 bits per heavy atom. The molecule has 0 aliphatic carbocycles. The summed E-state index contributed by atoms with van der Waals surface area (Å²) in [5, 5.41) is 8.80. The van der Waals surface area contributed by atoms with Gasteiger partial charge in [0.25, 0.3) is 0 Å². The third-order valence-electron chi connectivity index (χ3n) is 2.59. The highest BCUT2D eigenvalue weighted by molar-refractivity contribution is 6.19. The topological polar surface area (TPSA) is 89.9 Å². The third kappa shape index (κ3) is 5.19. The minimum Gasteiger partial charge on any atom is -0.478 e. The number of methoxy groups -OCH3 is 1. The minimum atomic E-state index is -1.05. The highest BCUT2D eigenvalue weighted by Gasteiger charge is 2.16. The van der Waals surface area contributed by atoms with Gasteiger partial charge < -0.3 is 14.6 Å². The van der Waals surface area contributed by atoms with Gasteiger partial charge in [-0.05, 0) is 30.7 Å². The Hall–Kier alpha value is -2.47. The number of carboxylic acid groups (broad SMARTS) is 1. The van der Waals surface area contributed by atoms with Gasteiger partial charge in [-0.2, -0.15) is 0 Å². The number of rotatable bonds is 7. The molecule has 0 bridgehead atoms. The van der Waals surface area contributed by atoms with E-state index in [1.165, 1.54) is 44.4 Å². The Bertz CT molecular complexity index is 556. The van der Waals surface area contributed by atoms with Crippen molar-refractivity contribution in [3.05, 3.63) is 41.0 Å². The van der Waals surface area contributed by atoms with E-state index in [1.54, 1.807) is 0 Å². The summed E-state index contributed by atoms with van der Waals surface area (Å²) in [5.41, 5.74) is 0.558. The highest BCUT2D eigenvalue weighted by atomic mass is 16.6. The van der Waals surface area contributed by atoms with E-state index in [0.29, 0.717) is 5.56 Å². The molecule has 0 saturated carbocycles. The van der Waals surface area contributed by atoms with Gasteiger partial charge in [-0.1, -0.05) is 12.1 Å². The van der Waals surface area contributed by atoms with Crippen molar-refractivity contribution in [3.8, 4) is 0 Å². The van der Waals surface area contributed by atoms with Crippen LogP contribution in [0.3, 0.4) is 0 Å². The van der Waals surface area contributed by atoms with Crippen molar-refractivity contribution in [3.63, 3.8) is 0 Å². The highest BCUT2D eigenvalue weighted by Crippen LogP contribution is 2.11. The van der Waals surface area contributed by atoms with E-state index >= 15 is 0 Å². The predicted octanol–water partition coefficient (Wildman–Crippen LogP) is 1.55. The van der Waals surface area contributed by atoms with Crippen LogP contribution < -0.4 is 0 Å². The van der Waals surface area contributed by atoms with E-state index < -0.39 is 17.7 Å². The number of carboxylic acids is 1. The first-order chi connectivity index (χ1) is 9.95. The number of aromatic carboxylic acids is 1. The van der Waals surface area contributed by atoms with E-state index in [9.17, 15) is 14.4 Å². The zero-order valence-corrected chi connectivity index (χ0v) is 11.8. The average molecular weight is 292 g/mol. The summed E-state index contributed by atoms with van der Waals surface area (Å²) < 4.78 is 9.64. The first-order valence-corrected chi connectivity index (χ1v) is 6.17. The molecule has 0 radical (unpaired) electrons. The lowest BCUT2D eigenvalue weighted by atomic mass is 10.1. The second-order valence-corrected chi connectivity index (χ2v) is 4.17. The van der Waals surface area contributed by atoms with Crippen molar-refractivity contribution in [1.29, 1.82) is 0 Å². The largest absolute Gasteiger partial charge is 0.478 e. The van der Waals surface area contributed by atoms with Gasteiger partial charge in [-0.3, -0.25) is 4.79 Å². The second kappa shape index (κ2) is 7.96. The summed E-state index contributed by atoms with van der Waals surface area (Å²) in [6, 6.07) is 5.80. The molecular formula is C15H16O6. The number of carbonyl (C=O) groups excluding carboxylic acids is 2. The molecule has 0 heterocycles. The Labute approximate surface area is 122 Å². The lowest BCUT2D eigenvalue weighted by Crippen LogP contribution is -2.16. The summed E-state index contributed by atoms with van der Waals surface area (Å²) in [6.07, 6.45) is 1.36. The van der Waals surface area contributed by atoms with Crippen molar-refractivity contribution in [2.24, 2.45) is 0 Å². The summed E-state index contributed by atoms with van der Waals surface area (Å²) in [6.45, 7) is 1.55. The van der Waals surface area contributed by atoms with Crippen LogP contribution in [0, 0.1) is 0 Å². The molecule has 1 aromatic carbocycles. The maximum absolute atomic E-state index is 11.8. The Kier molecular flexibility index (Phi) is 6.29. The Morgan fingerprint density at radius 2 is 1.76 bits per heavy atom. The smallest absolute Gasteiger partial charge is 0.341 e. The number of esters is 1. The van der Waals surface area contributed by atoms with Crippen molar-refractivity contribution in [2.75, 3.05) is 20.3 Å². The maximum atomic E-state index is 11.8. The molecule has 0 unspecified atom stereocenters. The van der Waals surface area contributed by atoms with Crippen LogP contribution in [0.1, 0.15) is 22.8 Å². The standard InChI is InChI=1S/C15H16O6/c1-10(16)13(15(19)21-8-7-20-2)9-11-3-5-12(6-4-11)14(17)18/h3-6,9H,7-8H2,1-2H3,(H,17,18)/b13-9+. The molecule has 0 saturated heterocycles. The lowest BCUT2D eigenvalue weighted by Gasteiger charge is -2.06. The number of benzene rings is 1. The van der Waals surface area contributed by atoms with Crippen molar-refractivity contribution in [2.45, 2.75) is 6.92 Å². The van der Waals surface area contributed by atoms with Crippen LogP contribution in [-0.2, 0) is 19.1 Å². The summed E-state index contributed by atoms with van der Waals surface area (Å²) in [4.78, 5) is 34.0. The molecule has 0 atom stereocenters. The van der Waals surface area contributed by atoms with Crippen molar-refractivity contribution in [1.82, 2.24) is 0 Å². The molecule has 0 fully saturated rings. The van der Waals surface area contributed by atoms with Gasteiger partial charge in [0.2, 0.25) is 0 Å². The van der Waals surface area contributed by atoms with Gasteiger partial charge in [0.1, 0.15) is 12.2 Å². The van der Waals surface area contributed by atoms with Crippen LogP contribution in [0.4, 0.5) is 0 Å². The summed E-state index contributed by atoms with van der Waals surface area (Å²) >= 11 is 0. The number of ketones is 1. The van der Waals surface area contributed by atoms with Gasteiger partial charge in [0.05, 0.1) is 12.2 Å². The molecule has 1 aromatic rings. The number of hydrogen-bond donors (Lipinski definition) is 1. The SMILES string of the molecule is COCCOC(=O)/C(=C/c1ccc(C(=O)O)cc1)C(C)=O. The van der Waals surface area contributed by atoms with E-state index in [-0.39, 0.29) is 24.4 Å². The van der Waals surface area contributed by atoms with Crippen molar-refractivity contribution >= 4 is 23.8 Å². The molecule has 0 amide bonds. The molecule has 112 valence electrons. The molecule has 1 N–H and O–H groups in total. The van der Waals surface area contributed by atoms with Gasteiger partial charge >= 0.3 is 11.9 Å². The number of ether oxygens (including phenoxy) is 2. The lowest BCUT2D eigenvalue weighted by molar-refractivity contribution is -0.141. The van der Waals surface area contributed by atoms with E-state index in [0.717, 1.165) is 0 Å². The van der Waals surface area contributed by atoms with Crippen LogP contribution in [0.15, 0.2) is 29.8 Å². The predicted molar refractivity (Wildman–Crippen MR) is 74.9 cm³/mol. The van der Waals surface area contributed by atoms with Crippen LogP contribution in [-0.4, -0.2) is 43.2 Å². The monoisotopic (exact) mass is 292 g/mol. The average Bonchev–Trinajstić information content (AvgIpc) is 2.45. The van der Waals surface area contributed by atoms with Crippen LogP contribution >= 0.6 is 0 Å². The Morgan fingerprint density at radius 3 is 2.24 bits per heavy atom. The van der Waals surface area contributed by atoms with Gasteiger partial charge in [0.15, 0.2) is 5.78 Å². The zero-order chi connectivity index (χ0) is 15.8. The molecule has 1 rings (SSSR count). The Balaban J connectivity index is 2.91. The number of Topliss-reactive ketones (excluding diaryl/α,β-unsaturated/α-hetero) is 1. The zero-order valence-electron chi connectivity index (χ0n) is 11.8. The van der Waals surface area contributed by atoms with Crippen LogP contribution in [0.5, 0.6) is 0 Å². The van der Waals surface area contributed by atoms with E-state index in [2.05, 4.69) is 0 Å². The first-order valence-electron chi connectivity index (χ1n) is 6.17. The van der Waals surface area contributed by atoms with Crippen LogP contribution in [0.2, 0.25) is 0 Å². The van der Waals surface area contributed by atoms with Gasteiger partial charge in [-0.15, -0.1) is 0 Å². The molecule has 6 nitrogen and oxygen atoms in total. The molecule has 21 heavy (non-hydrogen) atoms. The fourth-order valence-corrected chi connectivity index (χ4v) is 1.49. The molecule has 6 heteroatoms. The normalized spacial score (nSPS) is 11.0. The van der Waals surface area contributed by atoms with Gasteiger partial charge in [0, 0.05) is 7.11 Å². The van der Waals surface area contributed by atoms with Crippen LogP contribution in [0.25, 0.3) is 6.08 Å². The van der Waals surface area contributed by atoms with E-state index in [1.807, 2.05) is 0 Å². The summed E-state index contributed by atoms with van der Waals surface area (Å²) in [5.74, 6) is -2.21. The molecule has 0 aliphatic rings.